The summed E-state index contributed by atoms with van der Waals surface area (Å²) in [6.07, 6.45) is 1.22. The van der Waals surface area contributed by atoms with Crippen LogP contribution < -0.4 is 11.3 Å². The van der Waals surface area contributed by atoms with Crippen LogP contribution in [0.1, 0.15) is 30.0 Å². The summed E-state index contributed by atoms with van der Waals surface area (Å²) >= 11 is 0. The maximum absolute atomic E-state index is 13.1. The van der Waals surface area contributed by atoms with Crippen LogP contribution in [0.5, 0.6) is 0 Å². The average molecular weight is 266 g/mol. The van der Waals surface area contributed by atoms with Crippen LogP contribution in [0.25, 0.3) is 0 Å². The third-order valence-electron chi connectivity index (χ3n) is 3.00. The zero-order chi connectivity index (χ0) is 13.8. The third kappa shape index (κ3) is 3.19. The number of halogens is 2. The van der Waals surface area contributed by atoms with Crippen molar-refractivity contribution in [2.24, 2.45) is 5.84 Å². The lowest BCUT2D eigenvalue weighted by Crippen LogP contribution is -2.29. The van der Waals surface area contributed by atoms with Gasteiger partial charge in [0.15, 0.2) is 11.6 Å². The fourth-order valence-corrected chi connectivity index (χ4v) is 1.92. The lowest BCUT2D eigenvalue weighted by Gasteiger charge is -2.13. The van der Waals surface area contributed by atoms with Gasteiger partial charge in [-0.25, -0.2) is 14.2 Å². The number of benzene rings is 1. The first-order chi connectivity index (χ1) is 9.13. The molecule has 0 aliphatic carbocycles. The second-order valence-electron chi connectivity index (χ2n) is 4.33. The molecule has 0 saturated heterocycles. The summed E-state index contributed by atoms with van der Waals surface area (Å²) in [5.74, 6) is 5.33. The highest BCUT2D eigenvalue weighted by atomic mass is 19.2. The molecule has 102 valence electrons. The van der Waals surface area contributed by atoms with Crippen molar-refractivity contribution in [3.05, 3.63) is 59.1 Å². The van der Waals surface area contributed by atoms with E-state index in [9.17, 15) is 8.78 Å². The molecule has 1 unspecified atom stereocenters. The Kier molecular flexibility index (Phi) is 4.29. The van der Waals surface area contributed by atoms with E-state index in [0.29, 0.717) is 17.7 Å². The van der Waals surface area contributed by atoms with E-state index < -0.39 is 11.6 Å². The Morgan fingerprint density at radius 3 is 2.58 bits per heavy atom. The molecule has 1 heterocycles. The van der Waals surface area contributed by atoms with E-state index in [0.717, 1.165) is 18.2 Å². The van der Waals surface area contributed by atoms with Crippen molar-refractivity contribution in [2.45, 2.75) is 25.8 Å². The summed E-state index contributed by atoms with van der Waals surface area (Å²) in [6.45, 7) is 1.99. The number of nitrogens with two attached hydrogens (primary N) is 1. The highest BCUT2D eigenvalue weighted by Crippen LogP contribution is 2.21. The van der Waals surface area contributed by atoms with Crippen LogP contribution in [0.4, 0.5) is 8.78 Å². The van der Waals surface area contributed by atoms with Crippen LogP contribution in [0.3, 0.4) is 0 Å². The normalized spacial score (nSPS) is 12.6. The van der Waals surface area contributed by atoms with Crippen LogP contribution in [-0.2, 0) is 12.8 Å². The number of nitrogens with one attached hydrogen (secondary N) is 1. The molecule has 0 fully saturated rings. The van der Waals surface area contributed by atoms with E-state index in [2.05, 4.69) is 5.43 Å². The lowest BCUT2D eigenvalue weighted by atomic mass is 10.0. The standard InChI is InChI=1S/C14H16F2N2O/c1-2-10-4-6-14(19-10)13(18-17)8-9-3-5-11(15)12(16)7-9/h3-7,13,18H,2,8,17H2,1H3. The SMILES string of the molecule is CCc1ccc(C(Cc2ccc(F)c(F)c2)NN)o1. The minimum atomic E-state index is -0.859. The first-order valence-corrected chi connectivity index (χ1v) is 6.12. The van der Waals surface area contributed by atoms with Gasteiger partial charge < -0.3 is 4.42 Å². The minimum absolute atomic E-state index is 0.273. The highest BCUT2D eigenvalue weighted by molar-refractivity contribution is 5.21. The summed E-state index contributed by atoms with van der Waals surface area (Å²) < 4.78 is 31.6. The number of hydrogen-bond donors (Lipinski definition) is 2. The summed E-state index contributed by atoms with van der Waals surface area (Å²) in [5.41, 5.74) is 3.28. The number of furan rings is 1. The lowest BCUT2D eigenvalue weighted by molar-refractivity contribution is 0.395. The van der Waals surface area contributed by atoms with Crippen molar-refractivity contribution < 1.29 is 13.2 Å². The van der Waals surface area contributed by atoms with Gasteiger partial charge >= 0.3 is 0 Å². The van der Waals surface area contributed by atoms with E-state index in [1.807, 2.05) is 19.1 Å². The average Bonchev–Trinajstić information content (AvgIpc) is 2.88. The molecular weight excluding hydrogens is 250 g/mol. The predicted molar refractivity (Wildman–Crippen MR) is 68.2 cm³/mol. The van der Waals surface area contributed by atoms with Gasteiger partial charge in [0, 0.05) is 6.42 Å². The molecule has 0 aliphatic heterocycles. The fraction of sp³-hybridized carbons (Fsp3) is 0.286. The topological polar surface area (TPSA) is 51.2 Å². The van der Waals surface area contributed by atoms with Crippen LogP contribution in [0.15, 0.2) is 34.7 Å². The van der Waals surface area contributed by atoms with E-state index in [-0.39, 0.29) is 6.04 Å². The molecule has 3 N–H and O–H groups in total. The molecule has 0 aliphatic rings. The number of hydrogen-bond acceptors (Lipinski definition) is 3. The first-order valence-electron chi connectivity index (χ1n) is 6.12. The van der Waals surface area contributed by atoms with Gasteiger partial charge in [0.2, 0.25) is 0 Å². The Balaban J connectivity index is 2.16. The molecule has 19 heavy (non-hydrogen) atoms. The summed E-state index contributed by atoms with van der Waals surface area (Å²) in [4.78, 5) is 0. The Morgan fingerprint density at radius 1 is 1.21 bits per heavy atom. The Morgan fingerprint density at radius 2 is 2.00 bits per heavy atom. The van der Waals surface area contributed by atoms with Gasteiger partial charge in [-0.2, -0.15) is 0 Å². The molecule has 1 aromatic heterocycles. The smallest absolute Gasteiger partial charge is 0.159 e. The van der Waals surface area contributed by atoms with Crippen molar-refractivity contribution in [1.82, 2.24) is 5.43 Å². The van der Waals surface area contributed by atoms with Gasteiger partial charge in [0.05, 0.1) is 6.04 Å². The molecule has 0 bridgehead atoms. The van der Waals surface area contributed by atoms with Crippen LogP contribution in [-0.4, -0.2) is 0 Å². The van der Waals surface area contributed by atoms with Crippen molar-refractivity contribution in [1.29, 1.82) is 0 Å². The van der Waals surface area contributed by atoms with E-state index >= 15 is 0 Å². The quantitative estimate of drug-likeness (QED) is 0.646. The van der Waals surface area contributed by atoms with Crippen molar-refractivity contribution in [3.63, 3.8) is 0 Å². The zero-order valence-corrected chi connectivity index (χ0v) is 10.6. The second-order valence-corrected chi connectivity index (χ2v) is 4.33. The summed E-state index contributed by atoms with van der Waals surface area (Å²) in [6, 6.07) is 7.26. The first kappa shape index (κ1) is 13.7. The minimum Gasteiger partial charge on any atom is -0.464 e. The molecule has 0 radical (unpaired) electrons. The second kappa shape index (κ2) is 5.95. The van der Waals surface area contributed by atoms with Crippen LogP contribution >= 0.6 is 0 Å². The van der Waals surface area contributed by atoms with E-state index in [4.69, 9.17) is 10.3 Å². The molecule has 2 aromatic rings. The van der Waals surface area contributed by atoms with Gasteiger partial charge in [0.25, 0.3) is 0 Å². The molecule has 5 heteroatoms. The molecule has 3 nitrogen and oxygen atoms in total. The molecule has 1 atom stereocenters. The zero-order valence-electron chi connectivity index (χ0n) is 10.6. The van der Waals surface area contributed by atoms with Crippen LogP contribution in [0, 0.1) is 11.6 Å². The largest absolute Gasteiger partial charge is 0.464 e. The van der Waals surface area contributed by atoms with Gasteiger partial charge in [0.1, 0.15) is 11.5 Å². The van der Waals surface area contributed by atoms with Gasteiger partial charge in [-0.15, -0.1) is 0 Å². The fourth-order valence-electron chi connectivity index (χ4n) is 1.92. The highest BCUT2D eigenvalue weighted by Gasteiger charge is 2.15. The molecule has 0 spiro atoms. The Bertz CT molecular complexity index is 554. The van der Waals surface area contributed by atoms with E-state index in [1.165, 1.54) is 12.1 Å². The Hall–Kier alpha value is -1.72. The molecular formula is C14H16F2N2O. The molecule has 0 amide bonds. The molecule has 1 aromatic carbocycles. The maximum Gasteiger partial charge on any atom is 0.159 e. The van der Waals surface area contributed by atoms with E-state index in [1.54, 1.807) is 0 Å². The maximum atomic E-state index is 13.1. The van der Waals surface area contributed by atoms with Crippen molar-refractivity contribution in [3.8, 4) is 0 Å². The van der Waals surface area contributed by atoms with Crippen molar-refractivity contribution >= 4 is 0 Å². The van der Waals surface area contributed by atoms with Gasteiger partial charge in [-0.3, -0.25) is 5.84 Å². The molecule has 2 rings (SSSR count). The monoisotopic (exact) mass is 266 g/mol. The van der Waals surface area contributed by atoms with Gasteiger partial charge in [-0.05, 0) is 36.2 Å². The summed E-state index contributed by atoms with van der Waals surface area (Å²) in [7, 11) is 0. The van der Waals surface area contributed by atoms with Crippen LogP contribution in [0.2, 0.25) is 0 Å². The number of hydrazine groups is 1. The van der Waals surface area contributed by atoms with Gasteiger partial charge in [-0.1, -0.05) is 13.0 Å². The molecule has 0 saturated carbocycles. The Labute approximate surface area is 110 Å². The summed E-state index contributed by atoms with van der Waals surface area (Å²) in [5, 5.41) is 0. The van der Waals surface area contributed by atoms with Crippen molar-refractivity contribution in [2.75, 3.05) is 0 Å². The number of rotatable bonds is 5. The third-order valence-corrected chi connectivity index (χ3v) is 3.00. The predicted octanol–water partition coefficient (Wildman–Crippen LogP) is 2.87. The number of aryl methyl sites for hydroxylation is 1.